The van der Waals surface area contributed by atoms with Crippen molar-refractivity contribution in [1.29, 1.82) is 5.41 Å². The van der Waals surface area contributed by atoms with Crippen LogP contribution >= 0.6 is 11.8 Å². The van der Waals surface area contributed by atoms with Crippen molar-refractivity contribution in [2.24, 2.45) is 0 Å². The summed E-state index contributed by atoms with van der Waals surface area (Å²) in [5, 5.41) is 18.6. The van der Waals surface area contributed by atoms with E-state index in [-0.39, 0.29) is 5.69 Å². The first kappa shape index (κ1) is 12.5. The minimum absolute atomic E-state index is 0.0182. The fourth-order valence-electron chi connectivity index (χ4n) is 1.26. The van der Waals surface area contributed by atoms with Crippen molar-refractivity contribution < 1.29 is 9.66 Å². The normalized spacial score (nSPS) is 9.88. The second kappa shape index (κ2) is 5.50. The molecule has 0 radical (unpaired) electrons. The SMILES string of the molecule is COc1ccc([N+](=O)[O-])cc1CC(=N)SC. The Balaban J connectivity index is 3.06. The predicted octanol–water partition coefficient (Wildman–Crippen LogP) is 2.49. The monoisotopic (exact) mass is 240 g/mol. The Morgan fingerprint density at radius 3 is 2.81 bits per heavy atom. The number of hydrogen-bond acceptors (Lipinski definition) is 5. The zero-order valence-corrected chi connectivity index (χ0v) is 9.84. The molecule has 0 bridgehead atoms. The number of nitrogens with zero attached hydrogens (tertiary/aromatic N) is 1. The van der Waals surface area contributed by atoms with Crippen molar-refractivity contribution in [2.75, 3.05) is 13.4 Å². The Bertz CT molecular complexity index is 421. The van der Waals surface area contributed by atoms with E-state index in [1.807, 2.05) is 0 Å². The Labute approximate surface area is 97.5 Å². The number of nitro benzene ring substituents is 1. The molecule has 0 aliphatic carbocycles. The molecule has 6 heteroatoms. The van der Waals surface area contributed by atoms with E-state index in [9.17, 15) is 10.1 Å². The van der Waals surface area contributed by atoms with Crippen molar-refractivity contribution in [3.8, 4) is 5.75 Å². The smallest absolute Gasteiger partial charge is 0.269 e. The van der Waals surface area contributed by atoms with Gasteiger partial charge in [-0.15, -0.1) is 11.8 Å². The van der Waals surface area contributed by atoms with E-state index >= 15 is 0 Å². The maximum absolute atomic E-state index is 10.6. The highest BCUT2D eigenvalue weighted by Gasteiger charge is 2.12. The molecular weight excluding hydrogens is 228 g/mol. The third-order valence-corrected chi connectivity index (χ3v) is 2.71. The Morgan fingerprint density at radius 2 is 2.31 bits per heavy atom. The summed E-state index contributed by atoms with van der Waals surface area (Å²) in [6.45, 7) is 0. The molecule has 0 aliphatic rings. The lowest BCUT2D eigenvalue weighted by Gasteiger charge is -2.07. The molecule has 0 saturated heterocycles. The molecule has 1 aromatic rings. The highest BCUT2D eigenvalue weighted by molar-refractivity contribution is 8.13. The van der Waals surface area contributed by atoms with Crippen molar-refractivity contribution >= 4 is 22.5 Å². The van der Waals surface area contributed by atoms with E-state index < -0.39 is 4.92 Å². The topological polar surface area (TPSA) is 76.2 Å². The fraction of sp³-hybridized carbons (Fsp3) is 0.300. The van der Waals surface area contributed by atoms with Gasteiger partial charge in [-0.1, -0.05) is 0 Å². The number of ether oxygens (including phenoxy) is 1. The van der Waals surface area contributed by atoms with Gasteiger partial charge in [-0.25, -0.2) is 0 Å². The lowest BCUT2D eigenvalue weighted by molar-refractivity contribution is -0.384. The largest absolute Gasteiger partial charge is 0.496 e. The van der Waals surface area contributed by atoms with Gasteiger partial charge in [0.25, 0.3) is 5.69 Å². The molecule has 16 heavy (non-hydrogen) atoms. The van der Waals surface area contributed by atoms with Crippen LogP contribution in [0, 0.1) is 15.5 Å². The molecule has 0 spiro atoms. The molecule has 0 saturated carbocycles. The molecule has 0 fully saturated rings. The van der Waals surface area contributed by atoms with Gasteiger partial charge in [0.1, 0.15) is 5.75 Å². The second-order valence-electron chi connectivity index (χ2n) is 3.06. The number of rotatable bonds is 4. The molecule has 0 heterocycles. The summed E-state index contributed by atoms with van der Waals surface area (Å²) in [5.74, 6) is 0.574. The van der Waals surface area contributed by atoms with Gasteiger partial charge in [0, 0.05) is 24.1 Å². The number of hydrogen-bond donors (Lipinski definition) is 1. The molecule has 0 aliphatic heterocycles. The van der Waals surface area contributed by atoms with E-state index in [1.165, 1.54) is 31.0 Å². The summed E-state index contributed by atoms with van der Waals surface area (Å²) in [6, 6.07) is 4.40. The summed E-state index contributed by atoms with van der Waals surface area (Å²) in [7, 11) is 1.51. The van der Waals surface area contributed by atoms with Crippen LogP contribution in [0.25, 0.3) is 0 Å². The molecule has 86 valence electrons. The Morgan fingerprint density at radius 1 is 1.62 bits per heavy atom. The zero-order valence-electron chi connectivity index (χ0n) is 9.02. The number of nitro groups is 1. The lowest BCUT2D eigenvalue weighted by Crippen LogP contribution is -2.00. The van der Waals surface area contributed by atoms with Gasteiger partial charge in [0.15, 0.2) is 0 Å². The van der Waals surface area contributed by atoms with Crippen LogP contribution in [-0.4, -0.2) is 23.3 Å². The van der Waals surface area contributed by atoms with E-state index in [0.717, 1.165) is 0 Å². The van der Waals surface area contributed by atoms with Crippen molar-refractivity contribution in [3.63, 3.8) is 0 Å². The number of thioether (sulfide) groups is 1. The molecule has 1 rings (SSSR count). The number of nitrogens with one attached hydrogen (secondary N) is 1. The lowest BCUT2D eigenvalue weighted by atomic mass is 10.1. The van der Waals surface area contributed by atoms with Crippen molar-refractivity contribution in [2.45, 2.75) is 6.42 Å². The summed E-state index contributed by atoms with van der Waals surface area (Å²) in [6.07, 6.45) is 2.15. The third-order valence-electron chi connectivity index (χ3n) is 2.07. The second-order valence-corrected chi connectivity index (χ2v) is 3.96. The van der Waals surface area contributed by atoms with Crippen molar-refractivity contribution in [1.82, 2.24) is 0 Å². The van der Waals surface area contributed by atoms with Crippen LogP contribution in [0.4, 0.5) is 5.69 Å². The highest BCUT2D eigenvalue weighted by atomic mass is 32.2. The number of benzene rings is 1. The Hall–Kier alpha value is -1.56. The van der Waals surface area contributed by atoms with Crippen LogP contribution in [-0.2, 0) is 6.42 Å². The average molecular weight is 240 g/mol. The molecule has 0 amide bonds. The van der Waals surface area contributed by atoms with Crippen LogP contribution < -0.4 is 4.74 Å². The molecular formula is C10H12N2O3S. The predicted molar refractivity (Wildman–Crippen MR) is 64.6 cm³/mol. The van der Waals surface area contributed by atoms with Gasteiger partial charge in [-0.3, -0.25) is 15.5 Å². The van der Waals surface area contributed by atoms with Gasteiger partial charge in [0.05, 0.1) is 17.1 Å². The van der Waals surface area contributed by atoms with Gasteiger partial charge >= 0.3 is 0 Å². The van der Waals surface area contributed by atoms with Gasteiger partial charge < -0.3 is 4.74 Å². The molecule has 0 unspecified atom stereocenters. The average Bonchev–Trinajstić information content (AvgIpc) is 2.28. The summed E-state index contributed by atoms with van der Waals surface area (Å²) in [4.78, 5) is 10.2. The molecule has 1 aromatic carbocycles. The molecule has 0 atom stereocenters. The molecule has 1 N–H and O–H groups in total. The first-order chi connectivity index (χ1) is 7.58. The number of methoxy groups -OCH3 is 1. The van der Waals surface area contributed by atoms with Crippen LogP contribution in [0.1, 0.15) is 5.56 Å². The molecule has 0 aromatic heterocycles. The van der Waals surface area contributed by atoms with Gasteiger partial charge in [-0.05, 0) is 12.3 Å². The van der Waals surface area contributed by atoms with E-state index in [1.54, 1.807) is 12.3 Å². The van der Waals surface area contributed by atoms with Crippen molar-refractivity contribution in [3.05, 3.63) is 33.9 Å². The van der Waals surface area contributed by atoms with E-state index in [0.29, 0.717) is 22.8 Å². The number of non-ortho nitro benzene ring substituents is 1. The maximum Gasteiger partial charge on any atom is 0.269 e. The minimum atomic E-state index is -0.453. The fourth-order valence-corrected chi connectivity index (χ4v) is 1.56. The summed E-state index contributed by atoms with van der Waals surface area (Å²) < 4.78 is 5.10. The summed E-state index contributed by atoms with van der Waals surface area (Å²) >= 11 is 1.31. The first-order valence-electron chi connectivity index (χ1n) is 4.51. The first-order valence-corrected chi connectivity index (χ1v) is 5.73. The Kier molecular flexibility index (Phi) is 4.30. The van der Waals surface area contributed by atoms with Crippen LogP contribution in [0.2, 0.25) is 0 Å². The van der Waals surface area contributed by atoms with Crippen LogP contribution in [0.3, 0.4) is 0 Å². The molecule has 5 nitrogen and oxygen atoms in total. The summed E-state index contributed by atoms with van der Waals surface area (Å²) in [5.41, 5.74) is 0.681. The van der Waals surface area contributed by atoms with Gasteiger partial charge in [-0.2, -0.15) is 0 Å². The highest BCUT2D eigenvalue weighted by Crippen LogP contribution is 2.25. The zero-order chi connectivity index (χ0) is 12.1. The standard InChI is InChI=1S/C10H12N2O3S/c1-15-9-4-3-8(12(13)14)5-7(9)6-10(11)16-2/h3-5,11H,6H2,1-2H3. The van der Waals surface area contributed by atoms with Crippen LogP contribution in [0.5, 0.6) is 5.75 Å². The van der Waals surface area contributed by atoms with E-state index in [2.05, 4.69) is 0 Å². The quantitative estimate of drug-likeness (QED) is 0.379. The van der Waals surface area contributed by atoms with Crippen LogP contribution in [0.15, 0.2) is 18.2 Å². The van der Waals surface area contributed by atoms with E-state index in [4.69, 9.17) is 10.1 Å². The van der Waals surface area contributed by atoms with Gasteiger partial charge in [0.2, 0.25) is 0 Å². The minimum Gasteiger partial charge on any atom is -0.496 e. The third kappa shape index (κ3) is 2.96. The maximum atomic E-state index is 10.6.